The Morgan fingerprint density at radius 2 is 1.80 bits per heavy atom. The van der Waals surface area contributed by atoms with E-state index in [9.17, 15) is 17.6 Å². The van der Waals surface area contributed by atoms with Crippen LogP contribution in [0.4, 0.5) is 4.39 Å². The average Bonchev–Trinajstić information content (AvgIpc) is 2.56. The van der Waals surface area contributed by atoms with Crippen LogP contribution in [0.2, 0.25) is 5.02 Å². The number of carbonyl (C=O) groups is 1. The molecule has 0 aromatic heterocycles. The molecule has 0 aliphatic rings. The minimum atomic E-state index is -3.74. The molecule has 0 aliphatic heterocycles. The van der Waals surface area contributed by atoms with Gasteiger partial charge in [-0.15, -0.1) is 0 Å². The molecule has 25 heavy (non-hydrogen) atoms. The lowest BCUT2D eigenvalue weighted by Gasteiger charge is -2.13. The topological polar surface area (TPSA) is 66.5 Å². The van der Waals surface area contributed by atoms with Gasteiger partial charge in [-0.05, 0) is 42.3 Å². The monoisotopic (exact) mass is 384 g/mol. The molecule has 0 bridgehead atoms. The summed E-state index contributed by atoms with van der Waals surface area (Å²) in [6.45, 7) is 0.282. The maximum atomic E-state index is 13.9. The highest BCUT2D eigenvalue weighted by atomic mass is 35.5. The van der Waals surface area contributed by atoms with Crippen molar-refractivity contribution in [2.75, 3.05) is 20.6 Å². The van der Waals surface area contributed by atoms with E-state index < -0.39 is 21.7 Å². The molecule has 8 heteroatoms. The lowest BCUT2D eigenvalue weighted by atomic mass is 10.1. The Hall–Kier alpha value is -1.96. The smallest absolute Gasteiger partial charge is 0.254 e. The van der Waals surface area contributed by atoms with Crippen molar-refractivity contribution in [2.24, 2.45) is 0 Å². The van der Waals surface area contributed by atoms with Gasteiger partial charge in [0.2, 0.25) is 10.0 Å². The van der Waals surface area contributed by atoms with Crippen LogP contribution in [-0.4, -0.2) is 39.3 Å². The van der Waals surface area contributed by atoms with Gasteiger partial charge in [0.1, 0.15) is 5.82 Å². The molecule has 0 fully saturated rings. The first-order valence-corrected chi connectivity index (χ1v) is 9.28. The van der Waals surface area contributed by atoms with Crippen LogP contribution in [0.15, 0.2) is 47.4 Å². The summed E-state index contributed by atoms with van der Waals surface area (Å²) >= 11 is 5.80. The maximum absolute atomic E-state index is 13.9. The van der Waals surface area contributed by atoms with Crippen molar-refractivity contribution < 1.29 is 17.6 Å². The number of nitrogens with zero attached hydrogens (tertiary/aromatic N) is 1. The third-order valence-electron chi connectivity index (χ3n) is 3.57. The number of carbonyl (C=O) groups excluding carboxylic acids is 1. The van der Waals surface area contributed by atoms with Gasteiger partial charge in [-0.1, -0.05) is 23.7 Å². The van der Waals surface area contributed by atoms with Gasteiger partial charge in [-0.25, -0.2) is 17.1 Å². The lowest BCUT2D eigenvalue weighted by Crippen LogP contribution is -2.27. The number of nitrogens with one attached hydrogen (secondary N) is 1. The van der Waals surface area contributed by atoms with Crippen LogP contribution in [0.1, 0.15) is 15.9 Å². The minimum absolute atomic E-state index is 0.137. The second-order valence-corrected chi connectivity index (χ2v) is 8.15. The molecule has 0 heterocycles. The molecular weight excluding hydrogens is 367 g/mol. The van der Waals surface area contributed by atoms with Gasteiger partial charge < -0.3 is 5.32 Å². The summed E-state index contributed by atoms with van der Waals surface area (Å²) in [5.74, 6) is -1.44. The molecule has 5 nitrogen and oxygen atoms in total. The molecule has 0 aliphatic carbocycles. The Morgan fingerprint density at radius 3 is 2.40 bits per heavy atom. The Labute approximate surface area is 151 Å². The van der Waals surface area contributed by atoms with Crippen LogP contribution in [0.5, 0.6) is 0 Å². The van der Waals surface area contributed by atoms with Crippen LogP contribution in [0, 0.1) is 5.82 Å². The van der Waals surface area contributed by atoms with Crippen LogP contribution in [0.3, 0.4) is 0 Å². The van der Waals surface area contributed by atoms with E-state index in [-0.39, 0.29) is 17.0 Å². The summed E-state index contributed by atoms with van der Waals surface area (Å²) in [4.78, 5) is 12.0. The standard InChI is InChI=1S/C17H18ClFN2O3S/c1-21(2)25(23,24)14-7-8-16(19)15(11-14)17(22)20-10-9-12-3-5-13(18)6-4-12/h3-8,11H,9-10H2,1-2H3,(H,20,22). The summed E-state index contributed by atoms with van der Waals surface area (Å²) in [7, 11) is -1.01. The molecule has 1 N–H and O–H groups in total. The summed E-state index contributed by atoms with van der Waals surface area (Å²) in [6, 6.07) is 10.3. The average molecular weight is 385 g/mol. The SMILES string of the molecule is CN(C)S(=O)(=O)c1ccc(F)c(C(=O)NCCc2ccc(Cl)cc2)c1. The molecule has 1 amide bonds. The normalized spacial score (nSPS) is 11.6. The molecule has 0 radical (unpaired) electrons. The molecule has 0 spiro atoms. The predicted octanol–water partition coefficient (Wildman–Crippen LogP) is 2.70. The Kier molecular flexibility index (Phi) is 6.16. The van der Waals surface area contributed by atoms with E-state index in [2.05, 4.69) is 5.32 Å². The lowest BCUT2D eigenvalue weighted by molar-refractivity contribution is 0.0950. The maximum Gasteiger partial charge on any atom is 0.254 e. The van der Waals surface area contributed by atoms with E-state index in [1.165, 1.54) is 14.1 Å². The van der Waals surface area contributed by atoms with Gasteiger partial charge in [0.05, 0.1) is 10.5 Å². The molecule has 2 aromatic rings. The Balaban J connectivity index is 2.09. The van der Waals surface area contributed by atoms with Gasteiger partial charge in [0.25, 0.3) is 5.91 Å². The number of hydrogen-bond donors (Lipinski definition) is 1. The third-order valence-corrected chi connectivity index (χ3v) is 5.64. The summed E-state index contributed by atoms with van der Waals surface area (Å²) in [5.41, 5.74) is 0.660. The van der Waals surface area contributed by atoms with Gasteiger partial charge in [0.15, 0.2) is 0 Å². The van der Waals surface area contributed by atoms with E-state index in [4.69, 9.17) is 11.6 Å². The zero-order valence-electron chi connectivity index (χ0n) is 13.8. The van der Waals surface area contributed by atoms with Crippen molar-refractivity contribution in [1.29, 1.82) is 0 Å². The molecule has 2 rings (SSSR count). The van der Waals surface area contributed by atoms with Crippen molar-refractivity contribution in [3.63, 3.8) is 0 Å². The van der Waals surface area contributed by atoms with E-state index in [1.54, 1.807) is 12.1 Å². The van der Waals surface area contributed by atoms with Crippen molar-refractivity contribution in [3.05, 3.63) is 64.4 Å². The fourth-order valence-corrected chi connectivity index (χ4v) is 3.17. The third kappa shape index (κ3) is 4.78. The largest absolute Gasteiger partial charge is 0.352 e. The van der Waals surface area contributed by atoms with Crippen molar-refractivity contribution in [3.8, 4) is 0 Å². The fraction of sp³-hybridized carbons (Fsp3) is 0.235. The molecular formula is C17H18ClFN2O3S. The van der Waals surface area contributed by atoms with Gasteiger partial charge in [-0.3, -0.25) is 4.79 Å². The molecule has 0 atom stereocenters. The van der Waals surface area contributed by atoms with E-state index in [0.29, 0.717) is 11.4 Å². The summed E-state index contributed by atoms with van der Waals surface area (Å²) < 4.78 is 39.1. The summed E-state index contributed by atoms with van der Waals surface area (Å²) in [5, 5.41) is 3.21. The number of amides is 1. The highest BCUT2D eigenvalue weighted by Crippen LogP contribution is 2.17. The summed E-state index contributed by atoms with van der Waals surface area (Å²) in [6.07, 6.45) is 0.542. The molecule has 0 saturated carbocycles. The van der Waals surface area contributed by atoms with Crippen LogP contribution < -0.4 is 5.32 Å². The first kappa shape index (κ1) is 19.4. The molecule has 134 valence electrons. The zero-order valence-corrected chi connectivity index (χ0v) is 15.4. The number of rotatable bonds is 6. The molecule has 0 saturated heterocycles. The zero-order chi connectivity index (χ0) is 18.6. The van der Waals surface area contributed by atoms with E-state index in [1.807, 2.05) is 12.1 Å². The van der Waals surface area contributed by atoms with E-state index in [0.717, 1.165) is 28.1 Å². The number of hydrogen-bond acceptors (Lipinski definition) is 3. The minimum Gasteiger partial charge on any atom is -0.352 e. The van der Waals surface area contributed by atoms with Crippen LogP contribution in [-0.2, 0) is 16.4 Å². The molecule has 0 unspecified atom stereocenters. The number of benzene rings is 2. The first-order chi connectivity index (χ1) is 11.7. The van der Waals surface area contributed by atoms with Crippen molar-refractivity contribution >= 4 is 27.5 Å². The van der Waals surface area contributed by atoms with Crippen molar-refractivity contribution in [1.82, 2.24) is 9.62 Å². The second-order valence-electron chi connectivity index (χ2n) is 5.56. The van der Waals surface area contributed by atoms with Crippen molar-refractivity contribution in [2.45, 2.75) is 11.3 Å². The van der Waals surface area contributed by atoms with Crippen LogP contribution >= 0.6 is 11.6 Å². The quantitative estimate of drug-likeness (QED) is 0.832. The Morgan fingerprint density at radius 1 is 1.16 bits per heavy atom. The number of halogens is 2. The van der Waals surface area contributed by atoms with Gasteiger partial charge >= 0.3 is 0 Å². The van der Waals surface area contributed by atoms with Gasteiger partial charge in [-0.2, -0.15) is 0 Å². The van der Waals surface area contributed by atoms with Gasteiger partial charge in [0, 0.05) is 25.7 Å². The predicted molar refractivity (Wildman–Crippen MR) is 94.8 cm³/mol. The van der Waals surface area contributed by atoms with Crippen LogP contribution in [0.25, 0.3) is 0 Å². The van der Waals surface area contributed by atoms with E-state index >= 15 is 0 Å². The highest BCUT2D eigenvalue weighted by Gasteiger charge is 2.21. The number of sulfonamides is 1. The first-order valence-electron chi connectivity index (χ1n) is 7.46. The molecule has 2 aromatic carbocycles. The Bertz CT molecular complexity index is 868. The second kappa shape index (κ2) is 7.95. The fourth-order valence-electron chi connectivity index (χ4n) is 2.12. The highest BCUT2D eigenvalue weighted by molar-refractivity contribution is 7.89.